The van der Waals surface area contributed by atoms with Gasteiger partial charge < -0.3 is 9.88 Å². The molecule has 0 radical (unpaired) electrons. The molecule has 3 nitrogen and oxygen atoms in total. The van der Waals surface area contributed by atoms with Gasteiger partial charge in [-0.05, 0) is 62.3 Å². The SMILES string of the molecule is c1ncn(C2C3C4CCC(C4)C32)c1C1CCCN1. The second-order valence-electron chi connectivity index (χ2n) is 6.85. The van der Waals surface area contributed by atoms with Gasteiger partial charge in [0.05, 0.1) is 12.0 Å². The minimum Gasteiger partial charge on any atom is -0.329 e. The Labute approximate surface area is 108 Å². The molecule has 3 heteroatoms. The lowest BCUT2D eigenvalue weighted by molar-refractivity contribution is 0.436. The van der Waals surface area contributed by atoms with Crippen molar-refractivity contribution in [3.63, 3.8) is 0 Å². The summed E-state index contributed by atoms with van der Waals surface area (Å²) in [5.41, 5.74) is 1.46. The Morgan fingerprint density at radius 2 is 2.00 bits per heavy atom. The lowest BCUT2D eigenvalue weighted by Gasteiger charge is -2.17. The van der Waals surface area contributed by atoms with E-state index in [4.69, 9.17) is 0 Å². The molecule has 3 saturated carbocycles. The van der Waals surface area contributed by atoms with E-state index in [0.29, 0.717) is 6.04 Å². The minimum absolute atomic E-state index is 0.575. The fraction of sp³-hybridized carbons (Fsp3) is 0.800. The lowest BCUT2D eigenvalue weighted by Crippen LogP contribution is -2.17. The Bertz CT molecular complexity index is 458. The van der Waals surface area contributed by atoms with Crippen LogP contribution in [0.15, 0.2) is 12.5 Å². The van der Waals surface area contributed by atoms with Crippen LogP contribution in [0.5, 0.6) is 0 Å². The molecule has 4 fully saturated rings. The van der Waals surface area contributed by atoms with Gasteiger partial charge in [0.2, 0.25) is 0 Å². The molecule has 0 aromatic carbocycles. The first-order valence-corrected chi connectivity index (χ1v) is 7.68. The second kappa shape index (κ2) is 3.38. The van der Waals surface area contributed by atoms with Crippen LogP contribution in [0.4, 0.5) is 0 Å². The predicted octanol–water partition coefficient (Wildman–Crippen LogP) is 2.52. The maximum atomic E-state index is 4.45. The molecule has 2 heterocycles. The third-order valence-electron chi connectivity index (χ3n) is 6.13. The van der Waals surface area contributed by atoms with Gasteiger partial charge >= 0.3 is 0 Å². The number of imidazole rings is 1. The Morgan fingerprint density at radius 1 is 1.17 bits per heavy atom. The molecule has 0 spiro atoms. The molecule has 1 aromatic heterocycles. The van der Waals surface area contributed by atoms with Crippen LogP contribution in [-0.2, 0) is 0 Å². The highest BCUT2D eigenvalue weighted by Crippen LogP contribution is 2.71. The molecule has 1 saturated heterocycles. The number of fused-ring (bicyclic) bond motifs is 5. The number of nitrogens with zero attached hydrogens (tertiary/aromatic N) is 2. The van der Waals surface area contributed by atoms with Gasteiger partial charge in [0.15, 0.2) is 0 Å². The van der Waals surface area contributed by atoms with Gasteiger partial charge in [-0.2, -0.15) is 0 Å². The quantitative estimate of drug-likeness (QED) is 0.865. The number of hydrogen-bond donors (Lipinski definition) is 1. The topological polar surface area (TPSA) is 29.9 Å². The normalized spacial score (nSPS) is 48.7. The third-order valence-corrected chi connectivity index (χ3v) is 6.13. The summed E-state index contributed by atoms with van der Waals surface area (Å²) < 4.78 is 2.54. The molecule has 96 valence electrons. The number of rotatable bonds is 2. The zero-order valence-corrected chi connectivity index (χ0v) is 10.8. The standard InChI is InChI=1S/C15H21N3/c1-2-11(17-5-1)12-7-16-8-18(12)15-13-9-3-4-10(6-9)14(13)15/h7-11,13-15,17H,1-6H2. The summed E-state index contributed by atoms with van der Waals surface area (Å²) in [7, 11) is 0. The molecule has 1 aliphatic heterocycles. The maximum Gasteiger partial charge on any atom is 0.0951 e. The molecule has 18 heavy (non-hydrogen) atoms. The molecule has 1 aromatic rings. The van der Waals surface area contributed by atoms with E-state index in [1.807, 2.05) is 0 Å². The zero-order valence-electron chi connectivity index (χ0n) is 10.8. The highest BCUT2D eigenvalue weighted by atomic mass is 15.2. The summed E-state index contributed by atoms with van der Waals surface area (Å²) in [5.74, 6) is 4.13. The van der Waals surface area contributed by atoms with E-state index in [-0.39, 0.29) is 0 Å². The Balaban J connectivity index is 1.47. The minimum atomic E-state index is 0.575. The van der Waals surface area contributed by atoms with Crippen LogP contribution in [0.2, 0.25) is 0 Å². The third kappa shape index (κ3) is 1.16. The zero-order chi connectivity index (χ0) is 11.7. The van der Waals surface area contributed by atoms with E-state index in [9.17, 15) is 0 Å². The molecular formula is C15H21N3. The van der Waals surface area contributed by atoms with E-state index in [1.54, 1.807) is 0 Å². The molecule has 5 atom stereocenters. The fourth-order valence-corrected chi connectivity index (χ4v) is 5.42. The Morgan fingerprint density at radius 3 is 2.72 bits per heavy atom. The van der Waals surface area contributed by atoms with Gasteiger partial charge in [-0.15, -0.1) is 0 Å². The van der Waals surface area contributed by atoms with Crippen LogP contribution in [0.1, 0.15) is 49.9 Å². The van der Waals surface area contributed by atoms with Crippen molar-refractivity contribution < 1.29 is 0 Å². The molecule has 1 N–H and O–H groups in total. The van der Waals surface area contributed by atoms with Gasteiger partial charge in [0.1, 0.15) is 0 Å². The highest BCUT2D eigenvalue weighted by molar-refractivity contribution is 5.20. The average Bonchev–Trinajstić information content (AvgIpc) is 2.97. The fourth-order valence-electron chi connectivity index (χ4n) is 5.42. The lowest BCUT2D eigenvalue weighted by atomic mass is 10.0. The first-order valence-electron chi connectivity index (χ1n) is 7.68. The first-order chi connectivity index (χ1) is 8.93. The highest BCUT2D eigenvalue weighted by Gasteiger charge is 2.66. The van der Waals surface area contributed by atoms with Crippen molar-refractivity contribution in [3.8, 4) is 0 Å². The van der Waals surface area contributed by atoms with Crippen LogP contribution in [0.3, 0.4) is 0 Å². The van der Waals surface area contributed by atoms with Crippen molar-refractivity contribution in [2.75, 3.05) is 6.54 Å². The average molecular weight is 243 g/mol. The Kier molecular flexibility index (Phi) is 1.88. The number of aromatic nitrogens is 2. The molecule has 5 unspecified atom stereocenters. The monoisotopic (exact) mass is 243 g/mol. The number of hydrogen-bond acceptors (Lipinski definition) is 2. The van der Waals surface area contributed by atoms with Gasteiger partial charge in [-0.3, -0.25) is 0 Å². The summed E-state index contributed by atoms with van der Waals surface area (Å²) in [6, 6.07) is 1.39. The summed E-state index contributed by atoms with van der Waals surface area (Å²) in [6.45, 7) is 1.18. The van der Waals surface area contributed by atoms with Crippen LogP contribution < -0.4 is 5.32 Å². The summed E-state index contributed by atoms with van der Waals surface area (Å²) in [4.78, 5) is 4.45. The summed E-state index contributed by atoms with van der Waals surface area (Å²) >= 11 is 0. The van der Waals surface area contributed by atoms with Crippen molar-refractivity contribution >= 4 is 0 Å². The van der Waals surface area contributed by atoms with Crippen LogP contribution >= 0.6 is 0 Å². The van der Waals surface area contributed by atoms with Gasteiger partial charge in [0, 0.05) is 18.3 Å². The van der Waals surface area contributed by atoms with Crippen molar-refractivity contribution in [1.82, 2.24) is 14.9 Å². The van der Waals surface area contributed by atoms with Gasteiger partial charge in [-0.25, -0.2) is 4.98 Å². The van der Waals surface area contributed by atoms with E-state index >= 15 is 0 Å². The molecular weight excluding hydrogens is 222 g/mol. The van der Waals surface area contributed by atoms with Crippen molar-refractivity contribution in [2.45, 2.75) is 44.2 Å². The molecule has 4 aliphatic rings. The van der Waals surface area contributed by atoms with E-state index in [1.165, 1.54) is 44.3 Å². The van der Waals surface area contributed by atoms with Crippen LogP contribution in [-0.4, -0.2) is 16.1 Å². The Hall–Kier alpha value is -0.830. The van der Waals surface area contributed by atoms with E-state index in [2.05, 4.69) is 27.4 Å². The van der Waals surface area contributed by atoms with Crippen molar-refractivity contribution in [3.05, 3.63) is 18.2 Å². The van der Waals surface area contributed by atoms with Crippen LogP contribution in [0, 0.1) is 23.7 Å². The van der Waals surface area contributed by atoms with Gasteiger partial charge in [-0.1, -0.05) is 0 Å². The second-order valence-corrected chi connectivity index (χ2v) is 6.85. The predicted molar refractivity (Wildman–Crippen MR) is 69.1 cm³/mol. The van der Waals surface area contributed by atoms with E-state index in [0.717, 1.165) is 29.7 Å². The molecule has 0 amide bonds. The smallest absolute Gasteiger partial charge is 0.0951 e. The molecule has 2 bridgehead atoms. The largest absolute Gasteiger partial charge is 0.329 e. The number of nitrogens with one attached hydrogen (secondary N) is 1. The summed E-state index contributed by atoms with van der Waals surface area (Å²) in [5, 5.41) is 3.62. The first kappa shape index (κ1) is 10.0. The van der Waals surface area contributed by atoms with Crippen LogP contribution in [0.25, 0.3) is 0 Å². The van der Waals surface area contributed by atoms with E-state index < -0.39 is 0 Å². The van der Waals surface area contributed by atoms with Crippen molar-refractivity contribution in [1.29, 1.82) is 0 Å². The molecule has 3 aliphatic carbocycles. The maximum absolute atomic E-state index is 4.45. The van der Waals surface area contributed by atoms with Gasteiger partial charge in [0.25, 0.3) is 0 Å². The molecule has 5 rings (SSSR count). The summed E-state index contributed by atoms with van der Waals surface area (Å²) in [6.07, 6.45) is 11.4. The van der Waals surface area contributed by atoms with Crippen molar-refractivity contribution in [2.24, 2.45) is 23.7 Å².